The van der Waals surface area contributed by atoms with E-state index in [0.29, 0.717) is 37.8 Å². The van der Waals surface area contributed by atoms with Gasteiger partial charge in [-0.3, -0.25) is 4.79 Å². The van der Waals surface area contributed by atoms with Gasteiger partial charge in [-0.15, -0.1) is 0 Å². The highest BCUT2D eigenvalue weighted by Gasteiger charge is 2.47. The highest BCUT2D eigenvalue weighted by atomic mass is 32.2. The zero-order valence-electron chi connectivity index (χ0n) is 13.0. The second kappa shape index (κ2) is 5.85. The number of nitrogens with zero attached hydrogens (tertiary/aromatic N) is 1. The van der Waals surface area contributed by atoms with E-state index in [1.54, 1.807) is 6.92 Å². The molecule has 6 nitrogen and oxygen atoms in total. The van der Waals surface area contributed by atoms with Gasteiger partial charge in [0.05, 0.1) is 5.41 Å². The number of nitrogens with one attached hydrogen (secondary N) is 1. The van der Waals surface area contributed by atoms with Gasteiger partial charge in [0.25, 0.3) is 10.2 Å². The Kier molecular flexibility index (Phi) is 4.66. The van der Waals surface area contributed by atoms with E-state index in [2.05, 4.69) is 18.6 Å². The molecule has 7 heteroatoms. The molecule has 4 unspecified atom stereocenters. The van der Waals surface area contributed by atoms with Crippen LogP contribution in [0.5, 0.6) is 0 Å². The highest BCUT2D eigenvalue weighted by Crippen LogP contribution is 2.39. The first-order valence-electron chi connectivity index (χ1n) is 7.66. The quantitative estimate of drug-likeness (QED) is 0.821. The molecule has 2 N–H and O–H groups in total. The van der Waals surface area contributed by atoms with Crippen LogP contribution in [0.4, 0.5) is 0 Å². The Hall–Kier alpha value is -0.660. The third-order valence-corrected chi connectivity index (χ3v) is 6.47. The number of carbonyl (C=O) groups is 1. The molecular formula is C14H26N2O4S. The predicted octanol–water partition coefficient (Wildman–Crippen LogP) is 1.44. The van der Waals surface area contributed by atoms with Crippen molar-refractivity contribution in [3.63, 3.8) is 0 Å². The van der Waals surface area contributed by atoms with Gasteiger partial charge in [-0.05, 0) is 38.0 Å². The number of carboxylic acids is 1. The minimum Gasteiger partial charge on any atom is -0.481 e. The van der Waals surface area contributed by atoms with Crippen molar-refractivity contribution < 1.29 is 18.3 Å². The van der Waals surface area contributed by atoms with Crippen molar-refractivity contribution in [2.75, 3.05) is 13.1 Å². The molecule has 122 valence electrons. The van der Waals surface area contributed by atoms with E-state index >= 15 is 0 Å². The minimum absolute atomic E-state index is 0.333. The lowest BCUT2D eigenvalue weighted by Crippen LogP contribution is -2.54. The largest absolute Gasteiger partial charge is 0.481 e. The van der Waals surface area contributed by atoms with Crippen molar-refractivity contribution in [2.24, 2.45) is 17.3 Å². The zero-order valence-corrected chi connectivity index (χ0v) is 13.8. The molecule has 0 radical (unpaired) electrons. The summed E-state index contributed by atoms with van der Waals surface area (Å²) in [4.78, 5) is 11.5. The van der Waals surface area contributed by atoms with Crippen LogP contribution in [0.1, 0.15) is 46.5 Å². The van der Waals surface area contributed by atoms with Crippen molar-refractivity contribution in [1.29, 1.82) is 0 Å². The summed E-state index contributed by atoms with van der Waals surface area (Å²) in [5, 5.41) is 9.39. The molecule has 1 saturated carbocycles. The van der Waals surface area contributed by atoms with Crippen molar-refractivity contribution in [3.8, 4) is 0 Å². The summed E-state index contributed by atoms with van der Waals surface area (Å²) in [6.07, 6.45) is 2.87. The molecule has 0 bridgehead atoms. The topological polar surface area (TPSA) is 86.7 Å². The van der Waals surface area contributed by atoms with Gasteiger partial charge in [0, 0.05) is 19.1 Å². The van der Waals surface area contributed by atoms with Gasteiger partial charge in [-0.1, -0.05) is 20.3 Å². The van der Waals surface area contributed by atoms with Crippen LogP contribution in [-0.2, 0) is 15.0 Å². The summed E-state index contributed by atoms with van der Waals surface area (Å²) in [5.74, 6) is -0.257. The molecule has 0 spiro atoms. The Balaban J connectivity index is 2.12. The maximum atomic E-state index is 12.6. The smallest absolute Gasteiger partial charge is 0.310 e. The van der Waals surface area contributed by atoms with Gasteiger partial charge >= 0.3 is 5.97 Å². The van der Waals surface area contributed by atoms with E-state index in [4.69, 9.17) is 0 Å². The number of piperidine rings is 1. The number of hydrogen-bond acceptors (Lipinski definition) is 3. The molecule has 0 aromatic heterocycles. The fourth-order valence-corrected chi connectivity index (χ4v) is 5.46. The Bertz CT molecular complexity index is 497. The average molecular weight is 318 g/mol. The highest BCUT2D eigenvalue weighted by molar-refractivity contribution is 7.87. The lowest BCUT2D eigenvalue weighted by atomic mass is 9.85. The molecule has 2 rings (SSSR count). The molecule has 1 aliphatic heterocycles. The van der Waals surface area contributed by atoms with Gasteiger partial charge in [-0.25, -0.2) is 0 Å². The first kappa shape index (κ1) is 16.7. The molecule has 21 heavy (non-hydrogen) atoms. The van der Waals surface area contributed by atoms with E-state index in [-0.39, 0.29) is 0 Å². The number of carboxylic acid groups (broad SMARTS) is 1. The summed E-state index contributed by atoms with van der Waals surface area (Å²) in [7, 11) is -3.62. The van der Waals surface area contributed by atoms with Crippen LogP contribution in [0.3, 0.4) is 0 Å². The van der Waals surface area contributed by atoms with Crippen LogP contribution >= 0.6 is 0 Å². The van der Waals surface area contributed by atoms with E-state index in [1.807, 2.05) is 0 Å². The van der Waals surface area contributed by atoms with Crippen LogP contribution in [0.2, 0.25) is 0 Å². The molecule has 1 saturated heterocycles. The standard InChI is InChI=1S/C14H26N2O4S/c1-10-7-11(2)9-16(8-10)21(19,20)15-12-5-4-6-14(12,3)13(17)18/h10-12,15H,4-9H2,1-3H3,(H,17,18). The van der Waals surface area contributed by atoms with Gasteiger partial charge in [0.2, 0.25) is 0 Å². The van der Waals surface area contributed by atoms with Crippen LogP contribution in [0.25, 0.3) is 0 Å². The predicted molar refractivity (Wildman–Crippen MR) is 80.0 cm³/mol. The molecule has 1 heterocycles. The Labute approximate surface area is 127 Å². The molecular weight excluding hydrogens is 292 g/mol. The van der Waals surface area contributed by atoms with E-state index in [1.165, 1.54) is 4.31 Å². The fourth-order valence-electron chi connectivity index (χ4n) is 3.67. The molecule has 4 atom stereocenters. The first-order chi connectivity index (χ1) is 9.65. The fraction of sp³-hybridized carbons (Fsp3) is 0.929. The third-order valence-electron chi connectivity index (χ3n) is 4.91. The van der Waals surface area contributed by atoms with E-state index in [9.17, 15) is 18.3 Å². The lowest BCUT2D eigenvalue weighted by molar-refractivity contribution is -0.148. The van der Waals surface area contributed by atoms with Crippen molar-refractivity contribution in [3.05, 3.63) is 0 Å². The maximum absolute atomic E-state index is 12.6. The Morgan fingerprint density at radius 3 is 2.38 bits per heavy atom. The minimum atomic E-state index is -3.62. The third kappa shape index (κ3) is 3.40. The molecule has 2 fully saturated rings. The number of aliphatic carboxylic acids is 1. The molecule has 2 aliphatic rings. The van der Waals surface area contributed by atoms with Gasteiger partial charge in [0.15, 0.2) is 0 Å². The van der Waals surface area contributed by atoms with Crippen LogP contribution in [0.15, 0.2) is 0 Å². The van der Waals surface area contributed by atoms with Gasteiger partial charge < -0.3 is 5.11 Å². The second-order valence-corrected chi connectivity index (χ2v) is 8.76. The van der Waals surface area contributed by atoms with Crippen LogP contribution < -0.4 is 4.72 Å². The molecule has 1 aliphatic carbocycles. The average Bonchev–Trinajstić information content (AvgIpc) is 2.70. The van der Waals surface area contributed by atoms with E-state index in [0.717, 1.165) is 12.8 Å². The summed E-state index contributed by atoms with van der Waals surface area (Å²) in [6, 6.07) is -0.521. The normalized spacial score (nSPS) is 38.5. The molecule has 0 aromatic carbocycles. The maximum Gasteiger partial charge on any atom is 0.310 e. The zero-order chi connectivity index (χ0) is 15.8. The summed E-state index contributed by atoms with van der Waals surface area (Å²) in [5.41, 5.74) is -1.000. The van der Waals surface area contributed by atoms with Crippen molar-refractivity contribution in [1.82, 2.24) is 9.03 Å². The Morgan fingerprint density at radius 1 is 1.29 bits per heavy atom. The van der Waals surface area contributed by atoms with Gasteiger partial charge in [0.1, 0.15) is 0 Å². The molecule has 0 aromatic rings. The first-order valence-corrected chi connectivity index (χ1v) is 9.10. The van der Waals surface area contributed by atoms with Crippen molar-refractivity contribution >= 4 is 16.2 Å². The number of rotatable bonds is 4. The SMILES string of the molecule is CC1CC(C)CN(S(=O)(=O)NC2CCCC2(C)C(=O)O)C1. The lowest BCUT2D eigenvalue weighted by Gasteiger charge is -2.36. The summed E-state index contributed by atoms with van der Waals surface area (Å²) < 4.78 is 29.3. The van der Waals surface area contributed by atoms with Gasteiger partial charge in [-0.2, -0.15) is 17.4 Å². The summed E-state index contributed by atoms with van der Waals surface area (Å²) >= 11 is 0. The Morgan fingerprint density at radius 2 is 1.86 bits per heavy atom. The number of hydrogen-bond donors (Lipinski definition) is 2. The molecule has 0 amide bonds. The van der Waals surface area contributed by atoms with E-state index < -0.39 is 27.6 Å². The second-order valence-electron chi connectivity index (χ2n) is 7.05. The van der Waals surface area contributed by atoms with Crippen molar-refractivity contribution in [2.45, 2.75) is 52.5 Å². The monoisotopic (exact) mass is 318 g/mol. The van der Waals surface area contributed by atoms with Crippen LogP contribution in [0, 0.1) is 17.3 Å². The van der Waals surface area contributed by atoms with Crippen LogP contribution in [-0.4, -0.2) is 42.9 Å². The summed E-state index contributed by atoms with van der Waals surface area (Å²) in [6.45, 7) is 6.76.